The zero-order chi connectivity index (χ0) is 22.2. The quantitative estimate of drug-likeness (QED) is 0.608. The van der Waals surface area contributed by atoms with Crippen molar-refractivity contribution < 1.29 is 17.9 Å². The summed E-state index contributed by atoms with van der Waals surface area (Å²) < 4.78 is 35.9. The molecule has 9 nitrogen and oxygen atoms in total. The van der Waals surface area contributed by atoms with Gasteiger partial charge >= 0.3 is 0 Å². The number of hydrogen-bond acceptors (Lipinski definition) is 6. The summed E-state index contributed by atoms with van der Waals surface area (Å²) in [6.45, 7) is 4.43. The van der Waals surface area contributed by atoms with Gasteiger partial charge in [-0.25, -0.2) is 13.4 Å². The first-order valence-corrected chi connectivity index (χ1v) is 11.3. The fourth-order valence-electron chi connectivity index (χ4n) is 3.66. The average molecular weight is 442 g/mol. The predicted octanol–water partition coefficient (Wildman–Crippen LogP) is 2.90. The molecule has 0 fully saturated rings. The van der Waals surface area contributed by atoms with Crippen molar-refractivity contribution in [3.8, 4) is 5.88 Å². The average Bonchev–Trinajstić information content (AvgIpc) is 3.34. The standard InChI is InChI=1S/C21H23N5O4S/c1-13-6-4-7-14(2)19(13)25-31(28,29)18-10-15(11-22-21(18)30-3)24-20(27)16-12-23-26-9-5-8-17(16)26/h4,6-7,10-12,25H,5,8-9H2,1-3H3,(H,24,27). The number of rotatable bonds is 6. The molecule has 162 valence electrons. The molecule has 2 N–H and O–H groups in total. The number of nitrogens with zero attached hydrogens (tertiary/aromatic N) is 3. The zero-order valence-corrected chi connectivity index (χ0v) is 18.3. The van der Waals surface area contributed by atoms with E-state index in [1.165, 1.54) is 25.6 Å². The molecule has 0 unspecified atom stereocenters. The Morgan fingerprint density at radius 2 is 1.94 bits per heavy atom. The van der Waals surface area contributed by atoms with Crippen molar-refractivity contribution in [2.75, 3.05) is 17.1 Å². The normalized spacial score (nSPS) is 13.0. The van der Waals surface area contributed by atoms with Crippen LogP contribution in [-0.4, -0.2) is 36.2 Å². The topological polar surface area (TPSA) is 115 Å². The monoisotopic (exact) mass is 441 g/mol. The van der Waals surface area contributed by atoms with E-state index in [9.17, 15) is 13.2 Å². The Labute approximate surface area is 180 Å². The van der Waals surface area contributed by atoms with Gasteiger partial charge in [-0.2, -0.15) is 5.10 Å². The number of carbonyl (C=O) groups excluding carboxylic acids is 1. The minimum Gasteiger partial charge on any atom is -0.480 e. The number of aryl methyl sites for hydroxylation is 3. The molecule has 2 aromatic heterocycles. The summed E-state index contributed by atoms with van der Waals surface area (Å²) in [5.41, 5.74) is 3.67. The van der Waals surface area contributed by atoms with Crippen molar-refractivity contribution in [3.05, 3.63) is 59.0 Å². The van der Waals surface area contributed by atoms with Gasteiger partial charge in [-0.15, -0.1) is 0 Å². The van der Waals surface area contributed by atoms with E-state index >= 15 is 0 Å². The molecular weight excluding hydrogens is 418 g/mol. The van der Waals surface area contributed by atoms with Crippen LogP contribution in [0.1, 0.15) is 33.6 Å². The van der Waals surface area contributed by atoms with Gasteiger partial charge < -0.3 is 10.1 Å². The fourth-order valence-corrected chi connectivity index (χ4v) is 5.01. The lowest BCUT2D eigenvalue weighted by atomic mass is 10.1. The van der Waals surface area contributed by atoms with Gasteiger partial charge in [-0.05, 0) is 43.9 Å². The largest absolute Gasteiger partial charge is 0.480 e. The second kappa shape index (κ2) is 8.03. The maximum Gasteiger partial charge on any atom is 0.267 e. The van der Waals surface area contributed by atoms with Crippen molar-refractivity contribution in [1.29, 1.82) is 0 Å². The third-order valence-corrected chi connectivity index (χ3v) is 6.60. The number of pyridine rings is 1. The zero-order valence-electron chi connectivity index (χ0n) is 17.5. The van der Waals surface area contributed by atoms with Crippen LogP contribution in [0.5, 0.6) is 5.88 Å². The number of hydrogen-bond donors (Lipinski definition) is 2. The number of sulfonamides is 1. The number of carbonyl (C=O) groups is 1. The number of anilines is 2. The van der Waals surface area contributed by atoms with Crippen LogP contribution in [0, 0.1) is 13.8 Å². The van der Waals surface area contributed by atoms with Crippen LogP contribution in [0.4, 0.5) is 11.4 Å². The number of aromatic nitrogens is 3. The van der Waals surface area contributed by atoms with Gasteiger partial charge in [0.15, 0.2) is 4.90 Å². The molecule has 0 radical (unpaired) electrons. The second-order valence-electron chi connectivity index (χ2n) is 7.39. The molecule has 1 aliphatic heterocycles. The Bertz CT molecular complexity index is 1250. The Morgan fingerprint density at radius 1 is 1.19 bits per heavy atom. The van der Waals surface area contributed by atoms with E-state index in [4.69, 9.17) is 4.74 Å². The molecule has 3 heterocycles. The Morgan fingerprint density at radius 3 is 2.65 bits per heavy atom. The van der Waals surface area contributed by atoms with E-state index in [-0.39, 0.29) is 22.4 Å². The molecule has 31 heavy (non-hydrogen) atoms. The van der Waals surface area contributed by atoms with E-state index in [0.717, 1.165) is 36.2 Å². The Balaban J connectivity index is 1.65. The first kappa shape index (κ1) is 20.9. The molecule has 1 aliphatic rings. The number of ether oxygens (including phenoxy) is 1. The van der Waals surface area contributed by atoms with Crippen LogP contribution in [0.25, 0.3) is 0 Å². The first-order valence-electron chi connectivity index (χ1n) is 9.79. The van der Waals surface area contributed by atoms with Gasteiger partial charge in [-0.3, -0.25) is 14.2 Å². The number of methoxy groups -OCH3 is 1. The highest BCUT2D eigenvalue weighted by atomic mass is 32.2. The van der Waals surface area contributed by atoms with Crippen LogP contribution in [0.2, 0.25) is 0 Å². The van der Waals surface area contributed by atoms with Gasteiger partial charge in [0.1, 0.15) is 0 Å². The van der Waals surface area contributed by atoms with Crippen molar-refractivity contribution in [2.45, 2.75) is 38.1 Å². The fraction of sp³-hybridized carbons (Fsp3) is 0.286. The molecule has 3 aromatic rings. The Hall–Kier alpha value is -3.40. The summed E-state index contributed by atoms with van der Waals surface area (Å²) in [5, 5.41) is 6.94. The minimum absolute atomic E-state index is 0.0665. The molecule has 10 heteroatoms. The number of amides is 1. The van der Waals surface area contributed by atoms with Crippen LogP contribution in [0.3, 0.4) is 0 Å². The lowest BCUT2D eigenvalue weighted by molar-refractivity contribution is 0.102. The summed E-state index contributed by atoms with van der Waals surface area (Å²) in [6.07, 6.45) is 4.61. The SMILES string of the molecule is COc1ncc(NC(=O)c2cnn3c2CCC3)cc1S(=O)(=O)Nc1c(C)cccc1C. The molecule has 0 aliphatic carbocycles. The van der Waals surface area contributed by atoms with Gasteiger partial charge in [0.2, 0.25) is 5.88 Å². The van der Waals surface area contributed by atoms with E-state index in [0.29, 0.717) is 11.3 Å². The molecule has 0 atom stereocenters. The third-order valence-electron chi connectivity index (χ3n) is 5.25. The summed E-state index contributed by atoms with van der Waals surface area (Å²) in [4.78, 5) is 16.7. The van der Waals surface area contributed by atoms with E-state index < -0.39 is 10.0 Å². The molecule has 4 rings (SSSR count). The van der Waals surface area contributed by atoms with Crippen molar-refractivity contribution in [3.63, 3.8) is 0 Å². The summed E-state index contributed by atoms with van der Waals surface area (Å²) in [5.74, 6) is -0.427. The number of benzene rings is 1. The van der Waals surface area contributed by atoms with Crippen molar-refractivity contribution >= 4 is 27.3 Å². The van der Waals surface area contributed by atoms with Gasteiger partial charge in [0.25, 0.3) is 15.9 Å². The minimum atomic E-state index is -4.03. The predicted molar refractivity (Wildman–Crippen MR) is 116 cm³/mol. The van der Waals surface area contributed by atoms with Gasteiger partial charge in [-0.1, -0.05) is 18.2 Å². The molecule has 0 spiro atoms. The maximum absolute atomic E-state index is 13.1. The van der Waals surface area contributed by atoms with Crippen LogP contribution < -0.4 is 14.8 Å². The lowest BCUT2D eigenvalue weighted by Gasteiger charge is -2.15. The molecule has 0 bridgehead atoms. The van der Waals surface area contributed by atoms with E-state index in [2.05, 4.69) is 20.1 Å². The molecule has 0 saturated heterocycles. The Kier molecular flexibility index (Phi) is 5.40. The summed E-state index contributed by atoms with van der Waals surface area (Å²) >= 11 is 0. The van der Waals surface area contributed by atoms with E-state index in [1.807, 2.05) is 36.7 Å². The number of para-hydroxylation sites is 1. The highest BCUT2D eigenvalue weighted by Gasteiger charge is 2.25. The maximum atomic E-state index is 13.1. The number of nitrogens with one attached hydrogen (secondary N) is 2. The first-order chi connectivity index (χ1) is 14.8. The third kappa shape index (κ3) is 3.98. The van der Waals surface area contributed by atoms with E-state index in [1.54, 1.807) is 0 Å². The van der Waals surface area contributed by atoms with Crippen molar-refractivity contribution in [1.82, 2.24) is 14.8 Å². The lowest BCUT2D eigenvalue weighted by Crippen LogP contribution is -2.18. The molecule has 1 aromatic carbocycles. The van der Waals surface area contributed by atoms with Gasteiger partial charge in [0.05, 0.1) is 42.1 Å². The summed E-state index contributed by atoms with van der Waals surface area (Å²) in [6, 6.07) is 6.83. The molecule has 1 amide bonds. The molecule has 0 saturated carbocycles. The smallest absolute Gasteiger partial charge is 0.267 e. The highest BCUT2D eigenvalue weighted by Crippen LogP contribution is 2.29. The van der Waals surface area contributed by atoms with Crippen LogP contribution >= 0.6 is 0 Å². The van der Waals surface area contributed by atoms with Crippen molar-refractivity contribution in [2.24, 2.45) is 0 Å². The second-order valence-corrected chi connectivity index (χ2v) is 9.04. The van der Waals surface area contributed by atoms with Crippen LogP contribution in [-0.2, 0) is 23.0 Å². The van der Waals surface area contributed by atoms with Crippen LogP contribution in [0.15, 0.2) is 41.6 Å². The van der Waals surface area contributed by atoms with Gasteiger partial charge in [0, 0.05) is 6.54 Å². The summed E-state index contributed by atoms with van der Waals surface area (Å²) in [7, 11) is -2.69. The highest BCUT2D eigenvalue weighted by molar-refractivity contribution is 7.92. The molecular formula is C21H23N5O4S. The number of fused-ring (bicyclic) bond motifs is 1.